The molecule has 4 aromatic rings. The Morgan fingerprint density at radius 2 is 0.900 bits per heavy atom. The Morgan fingerprint density at radius 3 is 1.27 bits per heavy atom. The minimum atomic E-state index is -1.80. The van der Waals surface area contributed by atoms with Gasteiger partial charge in [-0.25, -0.2) is 0 Å². The third-order valence-corrected chi connectivity index (χ3v) is 9.76. The van der Waals surface area contributed by atoms with Crippen LogP contribution in [0, 0.1) is 0 Å². The number of rotatable bonds is 6. The molecule has 4 aromatic carbocycles. The van der Waals surface area contributed by atoms with Crippen LogP contribution in [0.2, 0.25) is 0 Å². The van der Waals surface area contributed by atoms with Gasteiger partial charge in [0.05, 0.1) is 6.16 Å². The summed E-state index contributed by atoms with van der Waals surface area (Å²) < 4.78 is 0. The van der Waals surface area contributed by atoms with Gasteiger partial charge in [0, 0.05) is 0 Å². The largest absolute Gasteiger partial charge is 1.00 e. The lowest BCUT2D eigenvalue weighted by atomic mass is 10.1. The lowest BCUT2D eigenvalue weighted by molar-refractivity contribution is -0.00000563. The minimum Gasteiger partial charge on any atom is -1.00 e. The lowest BCUT2D eigenvalue weighted by Crippen LogP contribution is -3.00. The van der Waals surface area contributed by atoms with Crippen molar-refractivity contribution in [2.45, 2.75) is 6.92 Å². The maximum Gasteiger partial charge on any atom is 0.115 e. The zero-order chi connectivity index (χ0) is 19.9. The molecule has 0 aromatic heterocycles. The summed E-state index contributed by atoms with van der Waals surface area (Å²) in [5, 5.41) is 4.28. The van der Waals surface area contributed by atoms with Gasteiger partial charge in [-0.1, -0.05) is 84.9 Å². The van der Waals surface area contributed by atoms with Crippen LogP contribution in [0.5, 0.6) is 0 Å². The molecule has 0 saturated heterocycles. The topological polar surface area (TPSA) is 0 Å². The van der Waals surface area contributed by atoms with Crippen molar-refractivity contribution in [3.05, 3.63) is 133 Å². The quantitative estimate of drug-likeness (QED) is 0.378. The Balaban J connectivity index is 0.00000256. The van der Waals surface area contributed by atoms with Crippen molar-refractivity contribution < 1.29 is 17.0 Å². The first-order chi connectivity index (χ1) is 14.3. The number of hydrogen-bond donors (Lipinski definition) is 0. The highest BCUT2D eigenvalue weighted by atomic mass is 79.9. The molecule has 0 aliphatic carbocycles. The number of hydrogen-bond acceptors (Lipinski definition) is 0. The Hall–Kier alpha value is -2.47. The Morgan fingerprint density at radius 1 is 0.567 bits per heavy atom. The number of allylic oxidation sites excluding steroid dienone is 2. The summed E-state index contributed by atoms with van der Waals surface area (Å²) >= 11 is 0. The molecule has 0 bridgehead atoms. The third-order valence-electron chi connectivity index (χ3n) is 5.49. The molecule has 0 saturated carbocycles. The summed E-state index contributed by atoms with van der Waals surface area (Å²) in [6, 6.07) is 43.9. The van der Waals surface area contributed by atoms with Crippen molar-refractivity contribution in [3.8, 4) is 0 Å². The Kier molecular flexibility index (Phi) is 7.80. The van der Waals surface area contributed by atoms with Crippen LogP contribution in [0.1, 0.15) is 12.5 Å². The van der Waals surface area contributed by atoms with E-state index in [9.17, 15) is 0 Å². The summed E-state index contributed by atoms with van der Waals surface area (Å²) in [5.41, 5.74) is 2.62. The van der Waals surface area contributed by atoms with E-state index < -0.39 is 7.26 Å². The van der Waals surface area contributed by atoms with Crippen LogP contribution >= 0.6 is 7.26 Å². The van der Waals surface area contributed by atoms with Crippen molar-refractivity contribution in [1.29, 1.82) is 0 Å². The van der Waals surface area contributed by atoms with Crippen molar-refractivity contribution in [2.24, 2.45) is 0 Å². The molecule has 0 aliphatic heterocycles. The van der Waals surface area contributed by atoms with Crippen LogP contribution in [-0.4, -0.2) is 6.16 Å². The molecule has 0 atom stereocenters. The zero-order valence-corrected chi connectivity index (χ0v) is 19.6. The summed E-state index contributed by atoms with van der Waals surface area (Å²) in [4.78, 5) is 0. The third kappa shape index (κ3) is 4.64. The predicted molar refractivity (Wildman–Crippen MR) is 130 cm³/mol. The number of halogens is 1. The molecule has 0 N–H and O–H groups in total. The molecule has 0 radical (unpaired) electrons. The smallest absolute Gasteiger partial charge is 0.115 e. The minimum absolute atomic E-state index is 0. The first kappa shape index (κ1) is 22.2. The molecule has 0 fully saturated rings. The predicted octanol–water partition coefficient (Wildman–Crippen LogP) is 3.09. The maximum absolute atomic E-state index is 2.44. The fourth-order valence-electron chi connectivity index (χ4n) is 3.90. The van der Waals surface area contributed by atoms with Crippen LogP contribution in [0.4, 0.5) is 0 Å². The highest BCUT2D eigenvalue weighted by Gasteiger charge is 2.44. The molecule has 0 amide bonds. The molecule has 150 valence electrons. The highest BCUT2D eigenvalue weighted by Crippen LogP contribution is 2.55. The average molecular weight is 473 g/mol. The summed E-state index contributed by atoms with van der Waals surface area (Å²) in [5.74, 6) is 0. The Labute approximate surface area is 191 Å². The highest BCUT2D eigenvalue weighted by molar-refractivity contribution is 7.95. The van der Waals surface area contributed by atoms with Gasteiger partial charge in [0.1, 0.15) is 23.2 Å². The van der Waals surface area contributed by atoms with E-state index in [2.05, 4.69) is 134 Å². The van der Waals surface area contributed by atoms with Crippen LogP contribution in [0.3, 0.4) is 0 Å². The van der Waals surface area contributed by atoms with Gasteiger partial charge in [0.25, 0.3) is 0 Å². The zero-order valence-electron chi connectivity index (χ0n) is 17.2. The lowest BCUT2D eigenvalue weighted by Gasteiger charge is -2.27. The first-order valence-corrected chi connectivity index (χ1v) is 12.1. The van der Waals surface area contributed by atoms with E-state index in [0.717, 1.165) is 6.16 Å². The molecule has 4 rings (SSSR count). The van der Waals surface area contributed by atoms with Gasteiger partial charge in [-0.3, -0.25) is 0 Å². The van der Waals surface area contributed by atoms with E-state index in [1.807, 2.05) is 0 Å². The summed E-state index contributed by atoms with van der Waals surface area (Å²) in [7, 11) is -1.80. The van der Waals surface area contributed by atoms with Crippen LogP contribution in [0.15, 0.2) is 127 Å². The van der Waals surface area contributed by atoms with Gasteiger partial charge in [-0.15, -0.1) is 0 Å². The van der Waals surface area contributed by atoms with E-state index in [0.29, 0.717) is 0 Å². The average Bonchev–Trinajstić information content (AvgIpc) is 2.82. The first-order valence-electron chi connectivity index (χ1n) is 10.1. The van der Waals surface area contributed by atoms with Crippen molar-refractivity contribution in [1.82, 2.24) is 0 Å². The van der Waals surface area contributed by atoms with E-state index in [1.165, 1.54) is 27.1 Å². The molecule has 0 unspecified atom stereocenters. The molecule has 0 aliphatic rings. The fraction of sp³-hybridized carbons (Fsp3) is 0.0714. The molecular weight excluding hydrogens is 447 g/mol. The summed E-state index contributed by atoms with van der Waals surface area (Å²) in [6.45, 7) is 2.23. The van der Waals surface area contributed by atoms with E-state index in [4.69, 9.17) is 0 Å². The van der Waals surface area contributed by atoms with Crippen LogP contribution < -0.4 is 32.9 Å². The van der Waals surface area contributed by atoms with Crippen molar-refractivity contribution in [2.75, 3.05) is 6.16 Å². The van der Waals surface area contributed by atoms with Crippen molar-refractivity contribution in [3.63, 3.8) is 0 Å². The molecule has 0 nitrogen and oxygen atoms in total. The second-order valence-electron chi connectivity index (χ2n) is 7.25. The summed E-state index contributed by atoms with van der Waals surface area (Å²) in [6.07, 6.45) is 3.45. The maximum atomic E-state index is 2.44. The van der Waals surface area contributed by atoms with Gasteiger partial charge in [-0.2, -0.15) is 0 Å². The van der Waals surface area contributed by atoms with Crippen LogP contribution in [0.25, 0.3) is 5.57 Å². The van der Waals surface area contributed by atoms with Gasteiger partial charge in [-0.05, 0) is 60.5 Å². The van der Waals surface area contributed by atoms with Gasteiger partial charge in [0.2, 0.25) is 0 Å². The van der Waals surface area contributed by atoms with E-state index >= 15 is 0 Å². The normalized spacial score (nSPS) is 11.6. The SMILES string of the molecule is C/C(=C/C[P+](c1ccccc1)(c1ccccc1)c1ccccc1)c1ccccc1.[Br-]. The standard InChI is InChI=1S/C28H26P.BrH/c1-24(25-14-6-2-7-15-25)22-23-29(26-16-8-3-9-17-26,27-18-10-4-11-19-27)28-20-12-5-13-21-28;/h2-22H,23H2,1H3;1H/q+1;/p-1/b24-22-;. The van der Waals surface area contributed by atoms with E-state index in [-0.39, 0.29) is 17.0 Å². The Bertz CT molecular complexity index is 962. The van der Waals surface area contributed by atoms with Gasteiger partial charge in [0.15, 0.2) is 0 Å². The molecule has 0 spiro atoms. The monoisotopic (exact) mass is 472 g/mol. The molecule has 0 heterocycles. The second kappa shape index (κ2) is 10.5. The van der Waals surface area contributed by atoms with Gasteiger partial charge >= 0.3 is 0 Å². The second-order valence-corrected chi connectivity index (χ2v) is 10.8. The number of benzene rings is 4. The van der Waals surface area contributed by atoms with Crippen molar-refractivity contribution >= 4 is 28.7 Å². The fourth-order valence-corrected chi connectivity index (χ4v) is 8.02. The molecule has 30 heavy (non-hydrogen) atoms. The molecule has 2 heteroatoms. The van der Waals surface area contributed by atoms with E-state index in [1.54, 1.807) is 0 Å². The van der Waals surface area contributed by atoms with Crippen LogP contribution in [-0.2, 0) is 0 Å². The molecular formula is C28H26BrP. The van der Waals surface area contributed by atoms with Gasteiger partial charge < -0.3 is 17.0 Å².